The number of aryl methyl sites for hydroxylation is 1. The standard InChI is InChI=1S/C13H19NO2/c1-10-7-12(9-15)8-13(14-10)16-6-5-11-3-2-4-11/h7-8,11,15H,2-6,9H2,1H3. The first-order chi connectivity index (χ1) is 7.78. The number of ether oxygens (including phenoxy) is 1. The zero-order chi connectivity index (χ0) is 11.4. The largest absolute Gasteiger partial charge is 0.478 e. The van der Waals surface area contributed by atoms with Gasteiger partial charge in [-0.2, -0.15) is 0 Å². The molecule has 2 rings (SSSR count). The van der Waals surface area contributed by atoms with E-state index in [2.05, 4.69) is 4.98 Å². The van der Waals surface area contributed by atoms with E-state index in [1.54, 1.807) is 0 Å². The first-order valence-electron chi connectivity index (χ1n) is 5.99. The van der Waals surface area contributed by atoms with Crippen molar-refractivity contribution in [2.75, 3.05) is 6.61 Å². The highest BCUT2D eigenvalue weighted by atomic mass is 16.5. The summed E-state index contributed by atoms with van der Waals surface area (Å²) in [7, 11) is 0. The van der Waals surface area contributed by atoms with E-state index in [1.165, 1.54) is 19.3 Å². The van der Waals surface area contributed by atoms with Gasteiger partial charge in [0.1, 0.15) is 0 Å². The Morgan fingerprint density at radius 3 is 2.88 bits per heavy atom. The van der Waals surface area contributed by atoms with Gasteiger partial charge in [-0.25, -0.2) is 4.98 Å². The second kappa shape index (κ2) is 5.30. The van der Waals surface area contributed by atoms with Crippen molar-refractivity contribution in [1.29, 1.82) is 0 Å². The zero-order valence-corrected chi connectivity index (χ0v) is 9.78. The Morgan fingerprint density at radius 2 is 2.25 bits per heavy atom. The van der Waals surface area contributed by atoms with Crippen molar-refractivity contribution in [2.24, 2.45) is 5.92 Å². The van der Waals surface area contributed by atoms with E-state index in [0.717, 1.165) is 30.2 Å². The van der Waals surface area contributed by atoms with E-state index in [9.17, 15) is 0 Å². The number of hydrogen-bond acceptors (Lipinski definition) is 3. The Bertz CT molecular complexity index is 348. The molecule has 0 aromatic carbocycles. The Kier molecular flexibility index (Phi) is 3.78. The second-order valence-electron chi connectivity index (χ2n) is 4.55. The van der Waals surface area contributed by atoms with Gasteiger partial charge in [0.15, 0.2) is 0 Å². The van der Waals surface area contributed by atoms with Crippen LogP contribution in [0.5, 0.6) is 5.88 Å². The van der Waals surface area contributed by atoms with Crippen LogP contribution >= 0.6 is 0 Å². The van der Waals surface area contributed by atoms with Gasteiger partial charge in [0.25, 0.3) is 0 Å². The van der Waals surface area contributed by atoms with E-state index >= 15 is 0 Å². The summed E-state index contributed by atoms with van der Waals surface area (Å²) in [5.41, 5.74) is 1.76. The third kappa shape index (κ3) is 2.95. The number of nitrogens with zero attached hydrogens (tertiary/aromatic N) is 1. The zero-order valence-electron chi connectivity index (χ0n) is 9.78. The SMILES string of the molecule is Cc1cc(CO)cc(OCCC2CCC2)n1. The maximum Gasteiger partial charge on any atom is 0.213 e. The molecule has 0 radical (unpaired) electrons. The fourth-order valence-electron chi connectivity index (χ4n) is 1.98. The van der Waals surface area contributed by atoms with Gasteiger partial charge in [0.05, 0.1) is 13.2 Å². The molecule has 1 fully saturated rings. The molecule has 0 spiro atoms. The van der Waals surface area contributed by atoms with Crippen LogP contribution in [0.4, 0.5) is 0 Å². The highest BCUT2D eigenvalue weighted by Gasteiger charge is 2.16. The van der Waals surface area contributed by atoms with E-state index < -0.39 is 0 Å². The van der Waals surface area contributed by atoms with Crippen LogP contribution in [0.25, 0.3) is 0 Å². The van der Waals surface area contributed by atoms with E-state index in [-0.39, 0.29) is 6.61 Å². The molecule has 1 saturated carbocycles. The van der Waals surface area contributed by atoms with Crippen molar-refractivity contribution in [2.45, 2.75) is 39.2 Å². The molecule has 0 saturated heterocycles. The van der Waals surface area contributed by atoms with Gasteiger partial charge >= 0.3 is 0 Å². The Balaban J connectivity index is 1.84. The van der Waals surface area contributed by atoms with E-state index in [1.807, 2.05) is 19.1 Å². The first-order valence-corrected chi connectivity index (χ1v) is 5.99. The van der Waals surface area contributed by atoms with Gasteiger partial charge in [-0.3, -0.25) is 0 Å². The second-order valence-corrected chi connectivity index (χ2v) is 4.55. The topological polar surface area (TPSA) is 42.4 Å². The summed E-state index contributed by atoms with van der Waals surface area (Å²) in [5, 5.41) is 9.06. The third-order valence-electron chi connectivity index (χ3n) is 3.17. The predicted octanol–water partition coefficient (Wildman–Crippen LogP) is 2.45. The first kappa shape index (κ1) is 11.4. The molecule has 0 aliphatic heterocycles. The number of rotatable bonds is 5. The average Bonchev–Trinajstić information content (AvgIpc) is 2.21. The van der Waals surface area contributed by atoms with Crippen molar-refractivity contribution in [3.05, 3.63) is 23.4 Å². The molecule has 1 aliphatic carbocycles. The summed E-state index contributed by atoms with van der Waals surface area (Å²) in [6.07, 6.45) is 5.21. The molecular weight excluding hydrogens is 202 g/mol. The Morgan fingerprint density at radius 1 is 1.44 bits per heavy atom. The summed E-state index contributed by atoms with van der Waals surface area (Å²) >= 11 is 0. The van der Waals surface area contributed by atoms with Crippen LogP contribution in [0.15, 0.2) is 12.1 Å². The van der Waals surface area contributed by atoms with Crippen LogP contribution < -0.4 is 4.74 Å². The highest BCUT2D eigenvalue weighted by Crippen LogP contribution is 2.29. The van der Waals surface area contributed by atoms with Gasteiger partial charge in [-0.05, 0) is 30.9 Å². The highest BCUT2D eigenvalue weighted by molar-refractivity contribution is 5.23. The summed E-state index contributed by atoms with van der Waals surface area (Å²) < 4.78 is 5.61. The van der Waals surface area contributed by atoms with E-state index in [4.69, 9.17) is 9.84 Å². The lowest BCUT2D eigenvalue weighted by atomic mass is 9.83. The van der Waals surface area contributed by atoms with Crippen LogP contribution in [-0.2, 0) is 6.61 Å². The number of aliphatic hydroxyl groups excluding tert-OH is 1. The average molecular weight is 221 g/mol. The van der Waals surface area contributed by atoms with Crippen molar-refractivity contribution in [1.82, 2.24) is 4.98 Å². The van der Waals surface area contributed by atoms with Crippen molar-refractivity contribution in [3.8, 4) is 5.88 Å². The molecule has 1 heterocycles. The van der Waals surface area contributed by atoms with Gasteiger partial charge in [0.2, 0.25) is 5.88 Å². The number of aromatic nitrogens is 1. The molecular formula is C13H19NO2. The quantitative estimate of drug-likeness (QED) is 0.830. The van der Waals surface area contributed by atoms with Gasteiger partial charge < -0.3 is 9.84 Å². The molecule has 1 N–H and O–H groups in total. The van der Waals surface area contributed by atoms with Crippen LogP contribution in [-0.4, -0.2) is 16.7 Å². The number of aliphatic hydroxyl groups is 1. The smallest absolute Gasteiger partial charge is 0.213 e. The molecule has 1 aliphatic rings. The minimum Gasteiger partial charge on any atom is -0.478 e. The molecule has 0 unspecified atom stereocenters. The Labute approximate surface area is 96.5 Å². The van der Waals surface area contributed by atoms with Gasteiger partial charge in [-0.1, -0.05) is 19.3 Å². The molecule has 88 valence electrons. The van der Waals surface area contributed by atoms with Crippen molar-refractivity contribution in [3.63, 3.8) is 0 Å². The fraction of sp³-hybridized carbons (Fsp3) is 0.615. The minimum atomic E-state index is 0.0440. The number of pyridine rings is 1. The lowest BCUT2D eigenvalue weighted by Crippen LogP contribution is -2.14. The van der Waals surface area contributed by atoms with Crippen LogP contribution in [0, 0.1) is 12.8 Å². The molecule has 16 heavy (non-hydrogen) atoms. The Hall–Kier alpha value is -1.09. The van der Waals surface area contributed by atoms with Crippen molar-refractivity contribution < 1.29 is 9.84 Å². The van der Waals surface area contributed by atoms with Gasteiger partial charge in [-0.15, -0.1) is 0 Å². The summed E-state index contributed by atoms with van der Waals surface area (Å²) in [6, 6.07) is 3.69. The molecule has 3 nitrogen and oxygen atoms in total. The summed E-state index contributed by atoms with van der Waals surface area (Å²) in [4.78, 5) is 4.29. The summed E-state index contributed by atoms with van der Waals surface area (Å²) in [6.45, 7) is 2.70. The lowest BCUT2D eigenvalue weighted by molar-refractivity contribution is 0.216. The van der Waals surface area contributed by atoms with Crippen LogP contribution in [0.1, 0.15) is 36.9 Å². The maximum absolute atomic E-state index is 9.06. The summed E-state index contributed by atoms with van der Waals surface area (Å²) in [5.74, 6) is 1.51. The van der Waals surface area contributed by atoms with Crippen LogP contribution in [0.2, 0.25) is 0 Å². The molecule has 3 heteroatoms. The molecule has 0 amide bonds. The predicted molar refractivity (Wildman–Crippen MR) is 62.3 cm³/mol. The van der Waals surface area contributed by atoms with Crippen LogP contribution in [0.3, 0.4) is 0 Å². The molecule has 1 aromatic rings. The third-order valence-corrected chi connectivity index (χ3v) is 3.17. The fourth-order valence-corrected chi connectivity index (χ4v) is 1.98. The lowest BCUT2D eigenvalue weighted by Gasteiger charge is -2.24. The monoisotopic (exact) mass is 221 g/mol. The molecule has 1 aromatic heterocycles. The minimum absolute atomic E-state index is 0.0440. The molecule has 0 atom stereocenters. The number of hydrogen-bond donors (Lipinski definition) is 1. The maximum atomic E-state index is 9.06. The van der Waals surface area contributed by atoms with Gasteiger partial charge in [0, 0.05) is 11.8 Å². The normalized spacial score (nSPS) is 15.9. The van der Waals surface area contributed by atoms with Crippen molar-refractivity contribution >= 4 is 0 Å². The molecule has 0 bridgehead atoms. The van der Waals surface area contributed by atoms with E-state index in [0.29, 0.717) is 5.88 Å².